The van der Waals surface area contributed by atoms with Gasteiger partial charge in [-0.25, -0.2) is 0 Å². The SMILES string of the molecule is COc1cccc(C(=O)NC2CCCN(C3CCN(C)CC3)C2)c1. The van der Waals surface area contributed by atoms with Crippen molar-refractivity contribution >= 4 is 5.91 Å². The molecule has 0 bridgehead atoms. The van der Waals surface area contributed by atoms with Gasteiger partial charge in [0.2, 0.25) is 0 Å². The van der Waals surface area contributed by atoms with E-state index in [1.54, 1.807) is 13.2 Å². The zero-order valence-corrected chi connectivity index (χ0v) is 14.8. The molecule has 0 spiro atoms. The molecule has 2 aliphatic rings. The Morgan fingerprint density at radius 2 is 2.00 bits per heavy atom. The van der Waals surface area contributed by atoms with Crippen LogP contribution in [-0.4, -0.2) is 68.1 Å². The fourth-order valence-corrected chi connectivity index (χ4v) is 3.85. The third kappa shape index (κ3) is 4.28. The van der Waals surface area contributed by atoms with Crippen molar-refractivity contribution in [2.24, 2.45) is 0 Å². The van der Waals surface area contributed by atoms with E-state index in [2.05, 4.69) is 22.2 Å². The molecule has 0 saturated carbocycles. The lowest BCUT2D eigenvalue weighted by Gasteiger charge is -2.41. The molecule has 1 amide bonds. The van der Waals surface area contributed by atoms with Crippen LogP contribution in [0.15, 0.2) is 24.3 Å². The molecule has 2 heterocycles. The lowest BCUT2D eigenvalue weighted by atomic mass is 9.98. The molecule has 1 aromatic carbocycles. The first-order chi connectivity index (χ1) is 11.7. The van der Waals surface area contributed by atoms with Gasteiger partial charge in [0.1, 0.15) is 5.75 Å². The number of methoxy groups -OCH3 is 1. The Labute approximate surface area is 145 Å². The van der Waals surface area contributed by atoms with E-state index in [1.807, 2.05) is 18.2 Å². The van der Waals surface area contributed by atoms with E-state index in [1.165, 1.54) is 32.5 Å². The molecule has 1 unspecified atom stereocenters. The summed E-state index contributed by atoms with van der Waals surface area (Å²) in [5.41, 5.74) is 0.672. The fraction of sp³-hybridized carbons (Fsp3) is 0.632. The quantitative estimate of drug-likeness (QED) is 0.916. The van der Waals surface area contributed by atoms with Crippen LogP contribution in [0.2, 0.25) is 0 Å². The monoisotopic (exact) mass is 331 g/mol. The fourth-order valence-electron chi connectivity index (χ4n) is 3.85. The van der Waals surface area contributed by atoms with Crippen molar-refractivity contribution in [3.05, 3.63) is 29.8 Å². The highest BCUT2D eigenvalue weighted by molar-refractivity contribution is 5.94. The highest BCUT2D eigenvalue weighted by atomic mass is 16.5. The number of nitrogens with one attached hydrogen (secondary N) is 1. The van der Waals surface area contributed by atoms with Crippen molar-refractivity contribution in [2.75, 3.05) is 40.3 Å². The van der Waals surface area contributed by atoms with E-state index in [4.69, 9.17) is 4.74 Å². The first kappa shape index (κ1) is 17.2. The van der Waals surface area contributed by atoms with E-state index >= 15 is 0 Å². The van der Waals surface area contributed by atoms with Crippen molar-refractivity contribution in [1.82, 2.24) is 15.1 Å². The summed E-state index contributed by atoms with van der Waals surface area (Å²) in [5.74, 6) is 0.725. The number of hydrogen-bond acceptors (Lipinski definition) is 4. The lowest BCUT2D eigenvalue weighted by Crippen LogP contribution is -2.53. The Morgan fingerprint density at radius 3 is 2.75 bits per heavy atom. The molecule has 0 aromatic heterocycles. The minimum absolute atomic E-state index is 0.00382. The minimum Gasteiger partial charge on any atom is -0.497 e. The first-order valence-electron chi connectivity index (χ1n) is 9.03. The van der Waals surface area contributed by atoms with E-state index in [0.717, 1.165) is 25.1 Å². The number of carbonyl (C=O) groups excluding carboxylic acids is 1. The molecule has 3 rings (SSSR count). The van der Waals surface area contributed by atoms with Crippen molar-refractivity contribution in [3.63, 3.8) is 0 Å². The maximum absolute atomic E-state index is 12.5. The topological polar surface area (TPSA) is 44.8 Å². The number of likely N-dealkylation sites (tertiary alicyclic amines) is 2. The van der Waals surface area contributed by atoms with E-state index in [9.17, 15) is 4.79 Å². The molecule has 2 fully saturated rings. The third-order valence-corrected chi connectivity index (χ3v) is 5.32. The van der Waals surface area contributed by atoms with Gasteiger partial charge in [0.25, 0.3) is 5.91 Å². The number of rotatable bonds is 4. The third-order valence-electron chi connectivity index (χ3n) is 5.32. The second-order valence-electron chi connectivity index (χ2n) is 7.07. The molecule has 0 radical (unpaired) electrons. The van der Waals surface area contributed by atoms with E-state index in [-0.39, 0.29) is 11.9 Å². The standard InChI is InChI=1S/C19H29N3O2/c1-21-11-8-17(9-12-21)22-10-4-6-16(14-22)20-19(23)15-5-3-7-18(13-15)24-2/h3,5,7,13,16-17H,4,6,8-12,14H2,1-2H3,(H,20,23). The van der Waals surface area contributed by atoms with Crippen LogP contribution in [0.5, 0.6) is 5.75 Å². The average molecular weight is 331 g/mol. The number of benzene rings is 1. The summed E-state index contributed by atoms with van der Waals surface area (Å²) < 4.78 is 5.21. The maximum atomic E-state index is 12.5. The normalized spacial score (nSPS) is 23.8. The Morgan fingerprint density at radius 1 is 1.21 bits per heavy atom. The van der Waals surface area contributed by atoms with Gasteiger partial charge < -0.3 is 15.0 Å². The van der Waals surface area contributed by atoms with Crippen LogP contribution in [0.25, 0.3) is 0 Å². The van der Waals surface area contributed by atoms with Gasteiger partial charge in [-0.05, 0) is 70.6 Å². The van der Waals surface area contributed by atoms with E-state index < -0.39 is 0 Å². The molecule has 24 heavy (non-hydrogen) atoms. The molecule has 2 saturated heterocycles. The molecule has 1 N–H and O–H groups in total. The van der Waals surface area contributed by atoms with Gasteiger partial charge in [-0.15, -0.1) is 0 Å². The van der Waals surface area contributed by atoms with Gasteiger partial charge in [0, 0.05) is 24.2 Å². The zero-order chi connectivity index (χ0) is 16.9. The predicted octanol–water partition coefficient (Wildman–Crippen LogP) is 1.98. The molecule has 0 aliphatic carbocycles. The highest BCUT2D eigenvalue weighted by Gasteiger charge is 2.28. The van der Waals surface area contributed by atoms with Crippen molar-refractivity contribution < 1.29 is 9.53 Å². The van der Waals surface area contributed by atoms with Gasteiger partial charge >= 0.3 is 0 Å². The number of piperidine rings is 2. The molecule has 2 aliphatic heterocycles. The van der Waals surface area contributed by atoms with Crippen LogP contribution in [0, 0.1) is 0 Å². The molecular formula is C19H29N3O2. The van der Waals surface area contributed by atoms with Crippen molar-refractivity contribution in [1.29, 1.82) is 0 Å². The highest BCUT2D eigenvalue weighted by Crippen LogP contribution is 2.21. The largest absolute Gasteiger partial charge is 0.497 e. The second-order valence-corrected chi connectivity index (χ2v) is 7.07. The van der Waals surface area contributed by atoms with Gasteiger partial charge in [-0.2, -0.15) is 0 Å². The molecule has 1 atom stereocenters. The molecule has 5 heteroatoms. The Kier molecular flexibility index (Phi) is 5.74. The predicted molar refractivity (Wildman–Crippen MR) is 95.6 cm³/mol. The number of ether oxygens (including phenoxy) is 1. The molecular weight excluding hydrogens is 302 g/mol. The number of amides is 1. The summed E-state index contributed by atoms with van der Waals surface area (Å²) in [4.78, 5) is 17.5. The number of carbonyl (C=O) groups is 1. The second kappa shape index (κ2) is 7.99. The zero-order valence-electron chi connectivity index (χ0n) is 14.8. The summed E-state index contributed by atoms with van der Waals surface area (Å²) >= 11 is 0. The summed E-state index contributed by atoms with van der Waals surface area (Å²) in [6, 6.07) is 8.29. The van der Waals surface area contributed by atoms with Crippen molar-refractivity contribution in [2.45, 2.75) is 37.8 Å². The van der Waals surface area contributed by atoms with E-state index in [0.29, 0.717) is 11.6 Å². The van der Waals surface area contributed by atoms with Crippen molar-refractivity contribution in [3.8, 4) is 5.75 Å². The van der Waals surface area contributed by atoms with Gasteiger partial charge in [0.15, 0.2) is 0 Å². The van der Waals surface area contributed by atoms with Gasteiger partial charge in [0.05, 0.1) is 7.11 Å². The van der Waals surface area contributed by atoms with Crippen LogP contribution < -0.4 is 10.1 Å². The Hall–Kier alpha value is -1.59. The van der Waals surface area contributed by atoms with Crippen LogP contribution in [-0.2, 0) is 0 Å². The smallest absolute Gasteiger partial charge is 0.251 e. The summed E-state index contributed by atoms with van der Waals surface area (Å²) in [7, 11) is 3.82. The Balaban J connectivity index is 1.55. The van der Waals surface area contributed by atoms with Crippen LogP contribution >= 0.6 is 0 Å². The Bertz CT molecular complexity index is 555. The summed E-state index contributed by atoms with van der Waals surface area (Å²) in [5, 5.41) is 3.22. The molecule has 5 nitrogen and oxygen atoms in total. The maximum Gasteiger partial charge on any atom is 0.251 e. The lowest BCUT2D eigenvalue weighted by molar-refractivity contribution is 0.0766. The number of nitrogens with zero attached hydrogens (tertiary/aromatic N) is 2. The summed E-state index contributed by atoms with van der Waals surface area (Å²) in [6.07, 6.45) is 4.72. The number of hydrogen-bond donors (Lipinski definition) is 1. The van der Waals surface area contributed by atoms with Crippen LogP contribution in [0.4, 0.5) is 0 Å². The first-order valence-corrected chi connectivity index (χ1v) is 9.03. The van der Waals surface area contributed by atoms with Gasteiger partial charge in [-0.1, -0.05) is 6.07 Å². The average Bonchev–Trinajstić information content (AvgIpc) is 2.62. The van der Waals surface area contributed by atoms with Crippen LogP contribution in [0.1, 0.15) is 36.0 Å². The molecule has 132 valence electrons. The minimum atomic E-state index is 0.00382. The van der Waals surface area contributed by atoms with Gasteiger partial charge in [-0.3, -0.25) is 9.69 Å². The van der Waals surface area contributed by atoms with Crippen LogP contribution in [0.3, 0.4) is 0 Å². The molecule has 1 aromatic rings. The summed E-state index contributed by atoms with van der Waals surface area (Å²) in [6.45, 7) is 4.51.